The fourth-order valence-electron chi connectivity index (χ4n) is 2.50. The molecule has 1 aliphatic rings. The molecule has 0 aromatic heterocycles. The van der Waals surface area contributed by atoms with Crippen LogP contribution in [-0.4, -0.2) is 17.9 Å². The first-order valence-electron chi connectivity index (χ1n) is 7.51. The molecule has 1 aliphatic carbocycles. The molecule has 1 saturated carbocycles. The van der Waals surface area contributed by atoms with Crippen LogP contribution in [-0.2, 0) is 4.79 Å². The molecular weight excluding hydrogens is 295 g/mol. The predicted molar refractivity (Wildman–Crippen MR) is 87.0 cm³/mol. The van der Waals surface area contributed by atoms with E-state index in [1.54, 1.807) is 35.2 Å². The zero-order valence-electron chi connectivity index (χ0n) is 12.8. The number of hydrogen-bond donors (Lipinski definition) is 1. The van der Waals surface area contributed by atoms with E-state index in [-0.39, 0.29) is 17.9 Å². The van der Waals surface area contributed by atoms with Gasteiger partial charge < -0.3 is 10.2 Å². The minimum absolute atomic E-state index is 0.146. The molecule has 3 rings (SSSR count). The lowest BCUT2D eigenvalue weighted by molar-refractivity contribution is -0.114. The van der Waals surface area contributed by atoms with Gasteiger partial charge in [0.2, 0.25) is 5.91 Å². The third kappa shape index (κ3) is 3.56. The van der Waals surface area contributed by atoms with Crippen molar-refractivity contribution < 1.29 is 14.0 Å². The number of benzene rings is 2. The fraction of sp³-hybridized carbons (Fsp3) is 0.222. The van der Waals surface area contributed by atoms with Gasteiger partial charge in [-0.25, -0.2) is 4.39 Å². The second-order valence-electron chi connectivity index (χ2n) is 5.64. The summed E-state index contributed by atoms with van der Waals surface area (Å²) < 4.78 is 13.4. The Kier molecular flexibility index (Phi) is 4.10. The number of nitrogens with one attached hydrogen (secondary N) is 1. The molecular formula is C18H17FN2O2. The minimum atomic E-state index is -0.424. The van der Waals surface area contributed by atoms with Crippen LogP contribution in [0.1, 0.15) is 30.1 Å². The van der Waals surface area contributed by atoms with Crippen LogP contribution in [0.2, 0.25) is 0 Å². The van der Waals surface area contributed by atoms with E-state index in [1.807, 2.05) is 0 Å². The SMILES string of the molecule is CC(=O)Nc1ccc(N(C(=O)c2cccc(F)c2)C2CC2)cc1. The first-order chi connectivity index (χ1) is 11.0. The molecule has 4 nitrogen and oxygen atoms in total. The Balaban J connectivity index is 1.87. The molecule has 23 heavy (non-hydrogen) atoms. The van der Waals surface area contributed by atoms with Crippen LogP contribution < -0.4 is 10.2 Å². The van der Waals surface area contributed by atoms with Crippen molar-refractivity contribution in [2.24, 2.45) is 0 Å². The average Bonchev–Trinajstić information content (AvgIpc) is 3.33. The molecule has 2 aromatic carbocycles. The lowest BCUT2D eigenvalue weighted by atomic mass is 10.1. The fourth-order valence-corrected chi connectivity index (χ4v) is 2.50. The van der Waals surface area contributed by atoms with Crippen molar-refractivity contribution in [1.82, 2.24) is 0 Å². The number of nitrogens with zero attached hydrogens (tertiary/aromatic N) is 1. The van der Waals surface area contributed by atoms with Crippen LogP contribution >= 0.6 is 0 Å². The monoisotopic (exact) mass is 312 g/mol. The summed E-state index contributed by atoms with van der Waals surface area (Å²) in [5, 5.41) is 2.69. The average molecular weight is 312 g/mol. The quantitative estimate of drug-likeness (QED) is 0.938. The highest BCUT2D eigenvalue weighted by atomic mass is 19.1. The van der Waals surface area contributed by atoms with Crippen LogP contribution in [0.15, 0.2) is 48.5 Å². The zero-order chi connectivity index (χ0) is 16.4. The molecule has 0 radical (unpaired) electrons. The second-order valence-corrected chi connectivity index (χ2v) is 5.64. The highest BCUT2D eigenvalue weighted by Crippen LogP contribution is 2.33. The molecule has 1 N–H and O–H groups in total. The Morgan fingerprint density at radius 1 is 1.13 bits per heavy atom. The van der Waals surface area contributed by atoms with E-state index in [0.717, 1.165) is 18.5 Å². The Labute approximate surface area is 133 Å². The van der Waals surface area contributed by atoms with E-state index in [0.29, 0.717) is 11.3 Å². The molecule has 0 unspecified atom stereocenters. The van der Waals surface area contributed by atoms with Gasteiger partial charge >= 0.3 is 0 Å². The molecule has 5 heteroatoms. The summed E-state index contributed by atoms with van der Waals surface area (Å²) in [6.45, 7) is 1.44. The van der Waals surface area contributed by atoms with Crippen molar-refractivity contribution in [3.8, 4) is 0 Å². The zero-order valence-corrected chi connectivity index (χ0v) is 12.8. The highest BCUT2D eigenvalue weighted by molar-refractivity contribution is 6.07. The van der Waals surface area contributed by atoms with E-state index in [1.165, 1.54) is 25.1 Å². The third-order valence-corrected chi connectivity index (χ3v) is 3.67. The van der Waals surface area contributed by atoms with Gasteiger partial charge in [-0.2, -0.15) is 0 Å². The van der Waals surface area contributed by atoms with Crippen LogP contribution in [0.5, 0.6) is 0 Å². The smallest absolute Gasteiger partial charge is 0.258 e. The number of carbonyl (C=O) groups excluding carboxylic acids is 2. The maximum atomic E-state index is 13.4. The first-order valence-corrected chi connectivity index (χ1v) is 7.51. The van der Waals surface area contributed by atoms with Crippen molar-refractivity contribution in [2.75, 3.05) is 10.2 Å². The molecule has 118 valence electrons. The van der Waals surface area contributed by atoms with Crippen LogP contribution in [0.4, 0.5) is 15.8 Å². The van der Waals surface area contributed by atoms with Gasteiger partial charge in [0.05, 0.1) is 0 Å². The molecule has 0 bridgehead atoms. The van der Waals surface area contributed by atoms with Gasteiger partial charge in [0.15, 0.2) is 0 Å². The van der Waals surface area contributed by atoms with Gasteiger partial charge in [-0.15, -0.1) is 0 Å². The highest BCUT2D eigenvalue weighted by Gasteiger charge is 2.34. The Morgan fingerprint density at radius 2 is 1.83 bits per heavy atom. The number of amides is 2. The van der Waals surface area contributed by atoms with Gasteiger partial charge in [-0.05, 0) is 55.3 Å². The summed E-state index contributed by atoms with van der Waals surface area (Å²) >= 11 is 0. The summed E-state index contributed by atoms with van der Waals surface area (Å²) in [7, 11) is 0. The van der Waals surface area contributed by atoms with Gasteiger partial charge in [-0.1, -0.05) is 6.07 Å². The van der Waals surface area contributed by atoms with Crippen molar-refractivity contribution >= 4 is 23.2 Å². The van der Waals surface area contributed by atoms with Gasteiger partial charge in [0, 0.05) is 29.9 Å². The Bertz CT molecular complexity index is 739. The van der Waals surface area contributed by atoms with E-state index in [9.17, 15) is 14.0 Å². The number of carbonyl (C=O) groups is 2. The maximum Gasteiger partial charge on any atom is 0.258 e. The predicted octanol–water partition coefficient (Wildman–Crippen LogP) is 3.59. The van der Waals surface area contributed by atoms with E-state index < -0.39 is 5.82 Å². The Morgan fingerprint density at radius 3 is 2.39 bits per heavy atom. The van der Waals surface area contributed by atoms with E-state index >= 15 is 0 Å². The van der Waals surface area contributed by atoms with Crippen molar-refractivity contribution in [2.45, 2.75) is 25.8 Å². The molecule has 0 atom stereocenters. The summed E-state index contributed by atoms with van der Waals surface area (Å²) in [6.07, 6.45) is 1.88. The van der Waals surface area contributed by atoms with Gasteiger partial charge in [0.25, 0.3) is 5.91 Å². The number of halogens is 1. The summed E-state index contributed by atoms with van der Waals surface area (Å²) in [4.78, 5) is 25.5. The summed E-state index contributed by atoms with van der Waals surface area (Å²) in [5.41, 5.74) is 1.76. The lowest BCUT2D eigenvalue weighted by Crippen LogP contribution is -2.33. The van der Waals surface area contributed by atoms with Gasteiger partial charge in [0.1, 0.15) is 5.82 Å². The maximum absolute atomic E-state index is 13.4. The topological polar surface area (TPSA) is 49.4 Å². The van der Waals surface area contributed by atoms with Crippen LogP contribution in [0.3, 0.4) is 0 Å². The summed E-state index contributed by atoms with van der Waals surface area (Å²) in [6, 6.07) is 13.0. The second kappa shape index (κ2) is 6.20. The first kappa shape index (κ1) is 15.2. The minimum Gasteiger partial charge on any atom is -0.326 e. The Hall–Kier alpha value is -2.69. The normalized spacial score (nSPS) is 13.5. The van der Waals surface area contributed by atoms with Crippen molar-refractivity contribution in [3.05, 3.63) is 59.9 Å². The number of hydrogen-bond acceptors (Lipinski definition) is 2. The van der Waals surface area contributed by atoms with E-state index in [4.69, 9.17) is 0 Å². The molecule has 0 saturated heterocycles. The largest absolute Gasteiger partial charge is 0.326 e. The lowest BCUT2D eigenvalue weighted by Gasteiger charge is -2.23. The van der Waals surface area contributed by atoms with E-state index in [2.05, 4.69) is 5.32 Å². The van der Waals surface area contributed by atoms with Gasteiger partial charge in [-0.3, -0.25) is 9.59 Å². The molecule has 0 spiro atoms. The van der Waals surface area contributed by atoms with Crippen molar-refractivity contribution in [1.29, 1.82) is 0 Å². The van der Waals surface area contributed by atoms with Crippen molar-refractivity contribution in [3.63, 3.8) is 0 Å². The molecule has 0 heterocycles. The van der Waals surface area contributed by atoms with Crippen LogP contribution in [0.25, 0.3) is 0 Å². The molecule has 2 aromatic rings. The molecule has 2 amide bonds. The van der Waals surface area contributed by atoms with Crippen LogP contribution in [0, 0.1) is 5.82 Å². The summed E-state index contributed by atoms with van der Waals surface area (Å²) in [5.74, 6) is -0.778. The third-order valence-electron chi connectivity index (χ3n) is 3.67. The molecule has 0 aliphatic heterocycles. The standard InChI is InChI=1S/C18H17FN2O2/c1-12(22)20-15-5-7-16(8-6-15)21(17-9-10-17)18(23)13-3-2-4-14(19)11-13/h2-8,11,17H,9-10H2,1H3,(H,20,22). The number of anilines is 2. The number of rotatable bonds is 4. The molecule has 1 fully saturated rings.